The first kappa shape index (κ1) is 13.8. The van der Waals surface area contributed by atoms with E-state index >= 15 is 0 Å². The fourth-order valence-electron chi connectivity index (χ4n) is 2.83. The minimum Gasteiger partial charge on any atom is -0.465 e. The third-order valence-electron chi connectivity index (χ3n) is 3.58. The van der Waals surface area contributed by atoms with Crippen molar-refractivity contribution in [2.75, 3.05) is 6.61 Å². The third kappa shape index (κ3) is 2.31. The van der Waals surface area contributed by atoms with E-state index in [1.807, 2.05) is 45.1 Å². The van der Waals surface area contributed by atoms with Crippen molar-refractivity contribution in [2.24, 2.45) is 11.8 Å². The molecular weight excluding hydrogens is 242 g/mol. The molecule has 0 aromatic heterocycles. The molecule has 1 fully saturated rings. The summed E-state index contributed by atoms with van der Waals surface area (Å²) in [5.41, 5.74) is -0.283. The summed E-state index contributed by atoms with van der Waals surface area (Å²) in [4.78, 5) is 26.0. The second-order valence-electron chi connectivity index (χ2n) is 5.95. The van der Waals surface area contributed by atoms with Crippen LogP contribution in [0.25, 0.3) is 0 Å². The molecule has 1 aliphatic heterocycles. The lowest BCUT2D eigenvalue weighted by Gasteiger charge is -2.54. The number of allylic oxidation sites excluding steroid dienone is 2. The Morgan fingerprint density at radius 2 is 1.89 bits per heavy atom. The van der Waals surface area contributed by atoms with Crippen molar-refractivity contribution in [2.45, 2.75) is 39.3 Å². The van der Waals surface area contributed by atoms with Crippen LogP contribution in [0, 0.1) is 11.8 Å². The van der Waals surface area contributed by atoms with Crippen LogP contribution in [-0.2, 0) is 14.3 Å². The number of hydrogen-bond donors (Lipinski definition) is 0. The highest BCUT2D eigenvalue weighted by molar-refractivity contribution is 6.04. The third-order valence-corrected chi connectivity index (χ3v) is 3.58. The number of β-lactam (4-membered cyclic amide) rings is 1. The standard InChI is InChI=1S/C15H21NO3/c1-5-19-14(18)11-12(10-8-6-7-9-10)16(13(11)17)15(2,3)4/h6-12H,5H2,1-4H3/t11-,12-/m0/s1. The minimum atomic E-state index is -0.656. The quantitative estimate of drug-likeness (QED) is 0.444. The average Bonchev–Trinajstić information content (AvgIpc) is 2.76. The van der Waals surface area contributed by atoms with Gasteiger partial charge in [-0.2, -0.15) is 0 Å². The summed E-state index contributed by atoms with van der Waals surface area (Å²) in [7, 11) is 0. The van der Waals surface area contributed by atoms with Crippen LogP contribution < -0.4 is 0 Å². The molecule has 4 heteroatoms. The first-order chi connectivity index (χ1) is 8.88. The van der Waals surface area contributed by atoms with Crippen LogP contribution in [0.1, 0.15) is 27.7 Å². The van der Waals surface area contributed by atoms with Crippen LogP contribution >= 0.6 is 0 Å². The summed E-state index contributed by atoms with van der Waals surface area (Å²) in [6, 6.07) is -0.124. The molecule has 0 aromatic rings. The molecule has 0 aromatic carbocycles. The maximum Gasteiger partial charge on any atom is 0.320 e. The first-order valence-electron chi connectivity index (χ1n) is 6.72. The molecule has 1 saturated heterocycles. The van der Waals surface area contributed by atoms with Crippen molar-refractivity contribution < 1.29 is 14.3 Å². The van der Waals surface area contributed by atoms with E-state index in [0.29, 0.717) is 6.61 Å². The van der Waals surface area contributed by atoms with Gasteiger partial charge in [-0.15, -0.1) is 0 Å². The predicted octanol–water partition coefficient (Wildman–Crippen LogP) is 1.92. The molecule has 2 rings (SSSR count). The van der Waals surface area contributed by atoms with Crippen molar-refractivity contribution in [1.29, 1.82) is 0 Å². The Kier molecular flexibility index (Phi) is 3.52. The van der Waals surface area contributed by atoms with Crippen molar-refractivity contribution in [3.63, 3.8) is 0 Å². The number of carbonyl (C=O) groups excluding carboxylic acids is 2. The molecule has 4 nitrogen and oxygen atoms in total. The number of esters is 1. The number of rotatable bonds is 3. The molecular formula is C15H21NO3. The van der Waals surface area contributed by atoms with Gasteiger partial charge in [0.15, 0.2) is 5.92 Å². The van der Waals surface area contributed by atoms with Crippen LogP contribution in [0.2, 0.25) is 0 Å². The summed E-state index contributed by atoms with van der Waals surface area (Å²) in [5, 5.41) is 0. The predicted molar refractivity (Wildman–Crippen MR) is 72.3 cm³/mol. The van der Waals surface area contributed by atoms with E-state index in [1.165, 1.54) is 0 Å². The molecule has 0 saturated carbocycles. The number of carbonyl (C=O) groups is 2. The summed E-state index contributed by atoms with van der Waals surface area (Å²) >= 11 is 0. The van der Waals surface area contributed by atoms with E-state index < -0.39 is 11.9 Å². The molecule has 0 radical (unpaired) electrons. The van der Waals surface area contributed by atoms with E-state index in [0.717, 1.165) is 0 Å². The van der Waals surface area contributed by atoms with Crippen LogP contribution in [0.15, 0.2) is 24.3 Å². The number of amides is 1. The smallest absolute Gasteiger partial charge is 0.320 e. The van der Waals surface area contributed by atoms with Crippen molar-refractivity contribution in [3.8, 4) is 0 Å². The molecule has 1 amide bonds. The zero-order valence-electron chi connectivity index (χ0n) is 11.9. The fourth-order valence-corrected chi connectivity index (χ4v) is 2.83. The Hall–Kier alpha value is -1.58. The highest BCUT2D eigenvalue weighted by Crippen LogP contribution is 2.40. The SMILES string of the molecule is CCOC(=O)[C@@H]1C(=O)N(C(C)(C)C)[C@H]1C1C=CC=C1. The Bertz CT molecular complexity index is 433. The highest BCUT2D eigenvalue weighted by atomic mass is 16.5. The molecule has 0 bridgehead atoms. The molecule has 1 aliphatic carbocycles. The maximum absolute atomic E-state index is 12.3. The lowest BCUT2D eigenvalue weighted by Crippen LogP contribution is -2.71. The summed E-state index contributed by atoms with van der Waals surface area (Å²) in [5.74, 6) is -1.07. The Labute approximate surface area is 114 Å². The maximum atomic E-state index is 12.3. The van der Waals surface area contributed by atoms with Gasteiger partial charge in [-0.05, 0) is 27.7 Å². The summed E-state index contributed by atoms with van der Waals surface area (Å²) in [6.07, 6.45) is 7.97. The van der Waals surface area contributed by atoms with E-state index in [4.69, 9.17) is 4.74 Å². The number of hydrogen-bond acceptors (Lipinski definition) is 3. The molecule has 2 atom stereocenters. The minimum absolute atomic E-state index is 0.103. The number of ether oxygens (including phenoxy) is 1. The second kappa shape index (κ2) is 4.83. The molecule has 1 heterocycles. The van der Waals surface area contributed by atoms with E-state index in [-0.39, 0.29) is 23.4 Å². The van der Waals surface area contributed by atoms with Gasteiger partial charge in [0.2, 0.25) is 5.91 Å². The van der Waals surface area contributed by atoms with Crippen LogP contribution in [0.5, 0.6) is 0 Å². The Morgan fingerprint density at radius 3 is 2.37 bits per heavy atom. The van der Waals surface area contributed by atoms with Gasteiger partial charge >= 0.3 is 5.97 Å². The van der Waals surface area contributed by atoms with Gasteiger partial charge in [-0.25, -0.2) is 0 Å². The molecule has 0 unspecified atom stereocenters. The highest BCUT2D eigenvalue weighted by Gasteiger charge is 2.57. The summed E-state index contributed by atoms with van der Waals surface area (Å²) < 4.78 is 5.03. The number of likely N-dealkylation sites (tertiary alicyclic amines) is 1. The molecule has 2 aliphatic rings. The molecule has 0 N–H and O–H groups in total. The van der Waals surface area contributed by atoms with Gasteiger partial charge in [-0.1, -0.05) is 24.3 Å². The second-order valence-corrected chi connectivity index (χ2v) is 5.95. The topological polar surface area (TPSA) is 46.6 Å². The molecule has 0 spiro atoms. The monoisotopic (exact) mass is 263 g/mol. The summed E-state index contributed by atoms with van der Waals surface area (Å²) in [6.45, 7) is 8.03. The van der Waals surface area contributed by atoms with E-state index in [2.05, 4.69) is 0 Å². The van der Waals surface area contributed by atoms with Gasteiger partial charge in [0, 0.05) is 11.5 Å². The van der Waals surface area contributed by atoms with Crippen molar-refractivity contribution in [3.05, 3.63) is 24.3 Å². The van der Waals surface area contributed by atoms with Gasteiger partial charge < -0.3 is 9.64 Å². The molecule has 104 valence electrons. The van der Waals surface area contributed by atoms with Gasteiger partial charge in [0.25, 0.3) is 0 Å². The zero-order valence-corrected chi connectivity index (χ0v) is 11.9. The Balaban J connectivity index is 2.24. The van der Waals surface area contributed by atoms with Gasteiger partial charge in [0.1, 0.15) is 0 Å². The number of nitrogens with zero attached hydrogens (tertiary/aromatic N) is 1. The van der Waals surface area contributed by atoms with Gasteiger partial charge in [-0.3, -0.25) is 9.59 Å². The van der Waals surface area contributed by atoms with Crippen molar-refractivity contribution >= 4 is 11.9 Å². The van der Waals surface area contributed by atoms with E-state index in [1.54, 1.807) is 11.8 Å². The zero-order chi connectivity index (χ0) is 14.2. The molecule has 19 heavy (non-hydrogen) atoms. The van der Waals surface area contributed by atoms with Crippen LogP contribution in [0.3, 0.4) is 0 Å². The lowest BCUT2D eigenvalue weighted by molar-refractivity contribution is -0.181. The van der Waals surface area contributed by atoms with E-state index in [9.17, 15) is 9.59 Å². The average molecular weight is 263 g/mol. The lowest BCUT2D eigenvalue weighted by atomic mass is 9.76. The first-order valence-corrected chi connectivity index (χ1v) is 6.72. The normalized spacial score (nSPS) is 26.7. The van der Waals surface area contributed by atoms with Gasteiger partial charge in [0.05, 0.1) is 12.6 Å². The Morgan fingerprint density at radius 1 is 1.32 bits per heavy atom. The van der Waals surface area contributed by atoms with Crippen molar-refractivity contribution in [1.82, 2.24) is 4.90 Å². The fraction of sp³-hybridized carbons (Fsp3) is 0.600. The largest absolute Gasteiger partial charge is 0.465 e. The van der Waals surface area contributed by atoms with Crippen LogP contribution in [-0.4, -0.2) is 35.0 Å². The van der Waals surface area contributed by atoms with Crippen LogP contribution in [0.4, 0.5) is 0 Å².